The second kappa shape index (κ2) is 13.7. The Hall–Kier alpha value is -1.46. The van der Waals surface area contributed by atoms with Crippen molar-refractivity contribution >= 4 is 20.1 Å². The molecule has 0 aliphatic heterocycles. The van der Waals surface area contributed by atoms with Gasteiger partial charge in [0.1, 0.15) is 11.7 Å². The van der Waals surface area contributed by atoms with Crippen molar-refractivity contribution in [1.82, 2.24) is 0 Å². The highest BCUT2D eigenvalue weighted by Gasteiger charge is 2.23. The van der Waals surface area contributed by atoms with Crippen molar-refractivity contribution in [3.63, 3.8) is 0 Å². The molecule has 5 heteroatoms. The molecule has 0 radical (unpaired) electrons. The third kappa shape index (κ3) is 13.7. The lowest BCUT2D eigenvalue weighted by atomic mass is 9.98. The molecule has 4 nitrogen and oxygen atoms in total. The van der Waals surface area contributed by atoms with E-state index in [1.54, 1.807) is 0 Å². The van der Waals surface area contributed by atoms with E-state index in [-0.39, 0.29) is 5.78 Å². The van der Waals surface area contributed by atoms with Crippen molar-refractivity contribution in [1.29, 1.82) is 0 Å². The van der Waals surface area contributed by atoms with Gasteiger partial charge in [0, 0.05) is 0 Å². The topological polar surface area (TPSA) is 52.6 Å². The number of ether oxygens (including phenoxy) is 1. The van der Waals surface area contributed by atoms with E-state index in [4.69, 9.17) is 9.16 Å². The summed E-state index contributed by atoms with van der Waals surface area (Å²) in [5, 5.41) is 0. The van der Waals surface area contributed by atoms with Crippen LogP contribution in [-0.4, -0.2) is 33.8 Å². The molecule has 0 saturated carbocycles. The summed E-state index contributed by atoms with van der Waals surface area (Å²) in [7, 11) is -0.318. The highest BCUT2D eigenvalue weighted by molar-refractivity contribution is 6.69. The van der Waals surface area contributed by atoms with Gasteiger partial charge in [-0.05, 0) is 85.0 Å². The molecule has 0 heterocycles. The van der Waals surface area contributed by atoms with E-state index in [1.807, 2.05) is 6.08 Å². The second-order valence-electron chi connectivity index (χ2n) is 8.59. The number of methoxy groups -OCH3 is 1. The molecule has 0 aromatic heterocycles. The van der Waals surface area contributed by atoms with Gasteiger partial charge in [-0.15, -0.1) is 0 Å². The first-order chi connectivity index (χ1) is 13.0. The molecule has 0 N–H and O–H groups in total. The molecule has 160 valence electrons. The lowest BCUT2D eigenvalue weighted by Gasteiger charge is -2.19. The number of rotatable bonds is 13. The molecule has 0 aliphatic rings. The first-order valence-corrected chi connectivity index (χ1v) is 13.6. The highest BCUT2D eigenvalue weighted by Crippen LogP contribution is 2.17. The molecule has 0 aliphatic carbocycles. The lowest BCUT2D eigenvalue weighted by molar-refractivity contribution is -0.148. The zero-order valence-electron chi connectivity index (χ0n) is 19.2. The van der Waals surface area contributed by atoms with E-state index in [2.05, 4.69) is 52.6 Å². The summed E-state index contributed by atoms with van der Waals surface area (Å²) in [4.78, 5) is 23.6. The number of ketones is 1. The Morgan fingerprint density at radius 3 is 2.04 bits per heavy atom. The highest BCUT2D eigenvalue weighted by atomic mass is 28.4. The maximum atomic E-state index is 11.8. The minimum atomic E-state index is -1.64. The van der Waals surface area contributed by atoms with Gasteiger partial charge in [-0.2, -0.15) is 0 Å². The molecule has 0 amide bonds. The second-order valence-corrected chi connectivity index (χ2v) is 13.1. The predicted octanol–water partition coefficient (Wildman–Crippen LogP) is 6.01. The Labute approximate surface area is 173 Å². The smallest absolute Gasteiger partial charge is 0.316 e. The molecule has 0 fully saturated rings. The molecule has 1 unspecified atom stereocenters. The number of hydrogen-bond donors (Lipinski definition) is 0. The summed E-state index contributed by atoms with van der Waals surface area (Å²) in [6, 6.07) is 0. The number of hydrogen-bond acceptors (Lipinski definition) is 4. The zero-order valence-corrected chi connectivity index (χ0v) is 20.2. The van der Waals surface area contributed by atoms with Crippen LogP contribution in [0.1, 0.15) is 59.8 Å². The Morgan fingerprint density at radius 1 is 0.929 bits per heavy atom. The quantitative estimate of drug-likeness (QED) is 0.162. The van der Waals surface area contributed by atoms with Crippen LogP contribution < -0.4 is 0 Å². The van der Waals surface area contributed by atoms with Gasteiger partial charge >= 0.3 is 5.97 Å². The molecule has 28 heavy (non-hydrogen) atoms. The Balaban J connectivity index is 4.98. The van der Waals surface area contributed by atoms with Gasteiger partial charge in [-0.1, -0.05) is 29.4 Å². The van der Waals surface area contributed by atoms with Gasteiger partial charge < -0.3 is 9.16 Å². The van der Waals surface area contributed by atoms with Gasteiger partial charge in [0.05, 0.1) is 13.7 Å². The Morgan fingerprint density at radius 2 is 1.54 bits per heavy atom. The Bertz CT molecular complexity index is 590. The molecular weight excluding hydrogens is 368 g/mol. The zero-order chi connectivity index (χ0) is 21.7. The van der Waals surface area contributed by atoms with Crippen molar-refractivity contribution in [2.45, 2.75) is 79.4 Å². The molecule has 0 bridgehead atoms. The molecule has 1 atom stereocenters. The van der Waals surface area contributed by atoms with Gasteiger partial charge in [-0.3, -0.25) is 9.59 Å². The maximum absolute atomic E-state index is 11.8. The van der Waals surface area contributed by atoms with E-state index >= 15 is 0 Å². The van der Waals surface area contributed by atoms with E-state index in [0.717, 1.165) is 31.3 Å². The summed E-state index contributed by atoms with van der Waals surface area (Å²) in [6.45, 7) is 14.9. The fourth-order valence-corrected chi connectivity index (χ4v) is 3.21. The number of carbonyl (C=O) groups excluding carboxylic acids is 2. The average molecular weight is 409 g/mol. The van der Waals surface area contributed by atoms with E-state index < -0.39 is 20.2 Å². The number of esters is 1. The number of carbonyl (C=O) groups is 2. The maximum Gasteiger partial charge on any atom is 0.316 e. The van der Waals surface area contributed by atoms with Crippen LogP contribution in [0, 0.1) is 5.92 Å². The third-order valence-electron chi connectivity index (χ3n) is 4.36. The molecule has 0 rings (SSSR count). The SMILES string of the molecule is COC(=O)C(C/C=C(/CC/C=C(\C)CCC=C(C)C)CO[Si](C)(C)C)C(C)=O. The third-order valence-corrected chi connectivity index (χ3v) is 5.37. The molecule has 0 saturated heterocycles. The van der Waals surface area contributed by atoms with Crippen LogP contribution in [0.4, 0.5) is 0 Å². The minimum Gasteiger partial charge on any atom is -0.468 e. The molecule has 0 aromatic carbocycles. The summed E-state index contributed by atoms with van der Waals surface area (Å²) in [6.07, 6.45) is 10.9. The van der Waals surface area contributed by atoms with Crippen LogP contribution in [0.25, 0.3) is 0 Å². The molecule has 0 aromatic rings. The summed E-state index contributed by atoms with van der Waals surface area (Å²) >= 11 is 0. The summed E-state index contributed by atoms with van der Waals surface area (Å²) in [5.41, 5.74) is 3.89. The van der Waals surface area contributed by atoms with Crippen molar-refractivity contribution in [3.8, 4) is 0 Å². The first-order valence-electron chi connectivity index (χ1n) is 10.2. The van der Waals surface area contributed by atoms with Gasteiger partial charge in [0.25, 0.3) is 0 Å². The largest absolute Gasteiger partial charge is 0.468 e. The van der Waals surface area contributed by atoms with Crippen molar-refractivity contribution < 1.29 is 18.8 Å². The van der Waals surface area contributed by atoms with E-state index in [9.17, 15) is 9.59 Å². The van der Waals surface area contributed by atoms with E-state index in [1.165, 1.54) is 25.2 Å². The van der Waals surface area contributed by atoms with Crippen LogP contribution in [0.15, 0.2) is 34.9 Å². The lowest BCUT2D eigenvalue weighted by Crippen LogP contribution is -2.26. The standard InChI is InChI=1S/C23H40O4Si/c1-18(2)11-9-12-19(3)13-10-14-21(17-27-28(6,7)8)15-16-22(20(4)24)23(25)26-5/h11,13,15,22H,9-10,12,14,16-17H2,1-8H3/b19-13+,21-15-. The van der Waals surface area contributed by atoms with E-state index in [0.29, 0.717) is 13.0 Å². The summed E-state index contributed by atoms with van der Waals surface area (Å²) in [5.74, 6) is -1.36. The van der Waals surface area contributed by atoms with Gasteiger partial charge in [-0.25, -0.2) is 0 Å². The number of allylic oxidation sites excluding steroid dienone is 5. The van der Waals surface area contributed by atoms with Crippen molar-refractivity contribution in [2.75, 3.05) is 13.7 Å². The van der Waals surface area contributed by atoms with Gasteiger partial charge in [0.15, 0.2) is 8.32 Å². The fraction of sp³-hybridized carbons (Fsp3) is 0.652. The first kappa shape index (κ1) is 26.5. The van der Waals surface area contributed by atoms with Crippen molar-refractivity contribution in [3.05, 3.63) is 34.9 Å². The predicted molar refractivity (Wildman–Crippen MR) is 120 cm³/mol. The van der Waals surface area contributed by atoms with Crippen LogP contribution in [0.3, 0.4) is 0 Å². The number of Topliss-reactive ketones (excluding diaryl/α,β-unsaturated/α-hetero) is 1. The molecule has 0 spiro atoms. The fourth-order valence-electron chi connectivity index (χ4n) is 2.59. The van der Waals surface area contributed by atoms with Gasteiger partial charge in [0.2, 0.25) is 0 Å². The van der Waals surface area contributed by atoms with Crippen LogP contribution in [-0.2, 0) is 18.8 Å². The van der Waals surface area contributed by atoms with Crippen LogP contribution in [0.2, 0.25) is 19.6 Å². The van der Waals surface area contributed by atoms with Crippen molar-refractivity contribution in [2.24, 2.45) is 5.92 Å². The van der Waals surface area contributed by atoms with Crippen LogP contribution in [0.5, 0.6) is 0 Å². The monoisotopic (exact) mass is 408 g/mol. The average Bonchev–Trinajstić information content (AvgIpc) is 2.57. The Kier molecular flexibility index (Phi) is 13.0. The normalized spacial score (nSPS) is 13.9. The van der Waals surface area contributed by atoms with Crippen LogP contribution >= 0.6 is 0 Å². The summed E-state index contributed by atoms with van der Waals surface area (Å²) < 4.78 is 10.8. The molecular formula is C23H40O4Si. The minimum absolute atomic E-state index is 0.163.